The lowest BCUT2D eigenvalue weighted by Gasteiger charge is -2.28. The van der Waals surface area contributed by atoms with E-state index in [1.165, 1.54) is 11.1 Å². The van der Waals surface area contributed by atoms with Gasteiger partial charge in [0.1, 0.15) is 0 Å². The standard InChI is InChI=1S/C14H18N2OS/c1-10(12-7-15-8-12)14(17)16-5-2-3-13(16)11-4-6-18-9-11/h4,6,9,13,15H,2-3,5,7-8H2,1H3. The van der Waals surface area contributed by atoms with E-state index in [4.69, 9.17) is 0 Å². The summed E-state index contributed by atoms with van der Waals surface area (Å²) in [6.07, 6.45) is 2.22. The summed E-state index contributed by atoms with van der Waals surface area (Å²) < 4.78 is 0. The molecule has 0 aliphatic carbocycles. The van der Waals surface area contributed by atoms with Crippen LogP contribution in [-0.4, -0.2) is 30.4 Å². The fourth-order valence-electron chi connectivity index (χ4n) is 2.70. The third kappa shape index (κ3) is 1.99. The van der Waals surface area contributed by atoms with Gasteiger partial charge in [-0.1, -0.05) is 0 Å². The molecular formula is C14H18N2OS. The van der Waals surface area contributed by atoms with Gasteiger partial charge in [0, 0.05) is 25.2 Å². The van der Waals surface area contributed by atoms with Crippen molar-refractivity contribution in [2.75, 3.05) is 19.6 Å². The van der Waals surface area contributed by atoms with Gasteiger partial charge in [-0.2, -0.15) is 11.3 Å². The SMILES string of the molecule is CC(C(=O)N1CCCC1c1ccsc1)=C1CNC1. The van der Waals surface area contributed by atoms with Crippen LogP contribution < -0.4 is 5.32 Å². The molecule has 0 bridgehead atoms. The minimum absolute atomic E-state index is 0.236. The predicted octanol–water partition coefficient (Wildman–Crippen LogP) is 2.33. The molecule has 2 aliphatic heterocycles. The highest BCUT2D eigenvalue weighted by Crippen LogP contribution is 2.34. The second kappa shape index (κ2) is 4.86. The molecular weight excluding hydrogens is 244 g/mol. The Morgan fingerprint density at radius 2 is 2.33 bits per heavy atom. The van der Waals surface area contributed by atoms with Crippen LogP contribution in [0, 0.1) is 0 Å². The summed E-state index contributed by atoms with van der Waals surface area (Å²) in [6.45, 7) is 4.64. The van der Waals surface area contributed by atoms with Crippen LogP contribution in [0.25, 0.3) is 0 Å². The van der Waals surface area contributed by atoms with E-state index in [2.05, 4.69) is 27.0 Å². The molecule has 96 valence electrons. The fraction of sp³-hybridized carbons (Fsp3) is 0.500. The maximum atomic E-state index is 12.5. The van der Waals surface area contributed by atoms with Crippen LogP contribution in [-0.2, 0) is 4.79 Å². The van der Waals surface area contributed by atoms with Crippen LogP contribution in [0.3, 0.4) is 0 Å². The molecule has 2 aliphatic rings. The topological polar surface area (TPSA) is 32.3 Å². The molecule has 0 saturated carbocycles. The van der Waals surface area contributed by atoms with Gasteiger partial charge >= 0.3 is 0 Å². The van der Waals surface area contributed by atoms with Crippen molar-refractivity contribution in [3.8, 4) is 0 Å². The number of likely N-dealkylation sites (tertiary alicyclic amines) is 1. The smallest absolute Gasteiger partial charge is 0.250 e. The van der Waals surface area contributed by atoms with Crippen molar-refractivity contribution >= 4 is 17.2 Å². The lowest BCUT2D eigenvalue weighted by Crippen LogP contribution is -2.39. The number of hydrogen-bond acceptors (Lipinski definition) is 3. The average molecular weight is 262 g/mol. The number of thiophene rings is 1. The van der Waals surface area contributed by atoms with Crippen molar-refractivity contribution in [3.63, 3.8) is 0 Å². The van der Waals surface area contributed by atoms with E-state index in [-0.39, 0.29) is 5.91 Å². The zero-order valence-corrected chi connectivity index (χ0v) is 11.4. The van der Waals surface area contributed by atoms with E-state index in [1.54, 1.807) is 11.3 Å². The third-order valence-electron chi connectivity index (χ3n) is 3.97. The van der Waals surface area contributed by atoms with E-state index in [9.17, 15) is 4.79 Å². The number of rotatable bonds is 2. The van der Waals surface area contributed by atoms with E-state index in [1.807, 2.05) is 6.92 Å². The number of carbonyl (C=O) groups excluding carboxylic acids is 1. The van der Waals surface area contributed by atoms with Gasteiger partial charge in [-0.15, -0.1) is 0 Å². The van der Waals surface area contributed by atoms with Gasteiger partial charge in [-0.3, -0.25) is 4.79 Å². The molecule has 3 rings (SSSR count). The molecule has 18 heavy (non-hydrogen) atoms. The van der Waals surface area contributed by atoms with Gasteiger partial charge in [-0.25, -0.2) is 0 Å². The van der Waals surface area contributed by atoms with E-state index < -0.39 is 0 Å². The van der Waals surface area contributed by atoms with Gasteiger partial charge in [0.15, 0.2) is 0 Å². The molecule has 0 radical (unpaired) electrons. The molecule has 2 fully saturated rings. The second-order valence-corrected chi connectivity index (χ2v) is 5.83. The molecule has 3 nitrogen and oxygen atoms in total. The zero-order valence-electron chi connectivity index (χ0n) is 10.6. The first kappa shape index (κ1) is 11.9. The average Bonchev–Trinajstić information content (AvgIpc) is 2.95. The predicted molar refractivity (Wildman–Crippen MR) is 73.6 cm³/mol. The highest BCUT2D eigenvalue weighted by molar-refractivity contribution is 7.07. The molecule has 1 aromatic rings. The fourth-order valence-corrected chi connectivity index (χ4v) is 3.41. The van der Waals surface area contributed by atoms with Crippen molar-refractivity contribution in [2.45, 2.75) is 25.8 Å². The minimum atomic E-state index is 0.236. The molecule has 0 spiro atoms. The Kier molecular flexibility index (Phi) is 3.22. The second-order valence-electron chi connectivity index (χ2n) is 5.05. The normalized spacial score (nSPS) is 23.1. The molecule has 2 saturated heterocycles. The van der Waals surface area contributed by atoms with Crippen LogP contribution in [0.15, 0.2) is 28.0 Å². The summed E-state index contributed by atoms with van der Waals surface area (Å²) in [5.41, 5.74) is 3.53. The molecule has 3 heterocycles. The highest BCUT2D eigenvalue weighted by Gasteiger charge is 2.31. The van der Waals surface area contributed by atoms with Gasteiger partial charge in [0.05, 0.1) is 6.04 Å². The lowest BCUT2D eigenvalue weighted by atomic mass is 10.0. The Balaban J connectivity index is 1.81. The molecule has 1 N–H and O–H groups in total. The highest BCUT2D eigenvalue weighted by atomic mass is 32.1. The van der Waals surface area contributed by atoms with Crippen molar-refractivity contribution in [3.05, 3.63) is 33.5 Å². The largest absolute Gasteiger partial charge is 0.332 e. The Hall–Kier alpha value is -1.13. The van der Waals surface area contributed by atoms with Crippen LogP contribution in [0.4, 0.5) is 0 Å². The number of nitrogens with one attached hydrogen (secondary N) is 1. The maximum Gasteiger partial charge on any atom is 0.250 e. The Morgan fingerprint density at radius 1 is 1.50 bits per heavy atom. The quantitative estimate of drug-likeness (QED) is 0.830. The first-order chi connectivity index (χ1) is 8.77. The molecule has 1 unspecified atom stereocenters. The van der Waals surface area contributed by atoms with Crippen molar-refractivity contribution in [1.82, 2.24) is 10.2 Å². The summed E-state index contributed by atoms with van der Waals surface area (Å²) in [5, 5.41) is 7.46. The van der Waals surface area contributed by atoms with Crippen molar-refractivity contribution in [2.24, 2.45) is 0 Å². The Bertz CT molecular complexity index is 472. The van der Waals surface area contributed by atoms with Crippen LogP contribution in [0.1, 0.15) is 31.4 Å². The van der Waals surface area contributed by atoms with Crippen LogP contribution >= 0.6 is 11.3 Å². The third-order valence-corrected chi connectivity index (χ3v) is 4.67. The lowest BCUT2D eigenvalue weighted by molar-refractivity contribution is -0.128. The van der Waals surface area contributed by atoms with Crippen molar-refractivity contribution < 1.29 is 4.79 Å². The van der Waals surface area contributed by atoms with E-state index in [0.717, 1.165) is 38.0 Å². The first-order valence-electron chi connectivity index (χ1n) is 6.50. The van der Waals surface area contributed by atoms with E-state index >= 15 is 0 Å². The minimum Gasteiger partial charge on any atom is -0.332 e. The summed E-state index contributed by atoms with van der Waals surface area (Å²) in [7, 11) is 0. The number of amides is 1. The van der Waals surface area contributed by atoms with Gasteiger partial charge in [0.25, 0.3) is 0 Å². The molecule has 4 heteroatoms. The molecule has 1 atom stereocenters. The number of nitrogens with zero attached hydrogens (tertiary/aromatic N) is 1. The summed E-state index contributed by atoms with van der Waals surface area (Å²) in [4.78, 5) is 14.6. The number of carbonyl (C=O) groups is 1. The van der Waals surface area contributed by atoms with Crippen LogP contribution in [0.5, 0.6) is 0 Å². The molecule has 0 aromatic carbocycles. The zero-order chi connectivity index (χ0) is 12.5. The van der Waals surface area contributed by atoms with Gasteiger partial charge in [-0.05, 0) is 47.7 Å². The van der Waals surface area contributed by atoms with Crippen LogP contribution in [0.2, 0.25) is 0 Å². The van der Waals surface area contributed by atoms with Gasteiger partial charge < -0.3 is 10.2 Å². The summed E-state index contributed by atoms with van der Waals surface area (Å²) in [5.74, 6) is 0.236. The summed E-state index contributed by atoms with van der Waals surface area (Å²) >= 11 is 1.71. The summed E-state index contributed by atoms with van der Waals surface area (Å²) in [6, 6.07) is 2.45. The molecule has 1 amide bonds. The van der Waals surface area contributed by atoms with Crippen molar-refractivity contribution in [1.29, 1.82) is 0 Å². The first-order valence-corrected chi connectivity index (χ1v) is 7.44. The number of hydrogen-bond donors (Lipinski definition) is 1. The van der Waals surface area contributed by atoms with E-state index in [0.29, 0.717) is 6.04 Å². The monoisotopic (exact) mass is 262 g/mol. The Labute approximate surface area is 111 Å². The Morgan fingerprint density at radius 3 is 2.94 bits per heavy atom. The molecule has 1 aromatic heterocycles. The van der Waals surface area contributed by atoms with Gasteiger partial charge in [0.2, 0.25) is 5.91 Å². The maximum absolute atomic E-state index is 12.5.